The van der Waals surface area contributed by atoms with E-state index < -0.39 is 30.4 Å². The number of ether oxygens (including phenoxy) is 1. The summed E-state index contributed by atoms with van der Waals surface area (Å²) in [6.45, 7) is 0.0196. The van der Waals surface area contributed by atoms with Crippen molar-refractivity contribution in [2.24, 2.45) is 0 Å². The summed E-state index contributed by atoms with van der Waals surface area (Å²) >= 11 is 5.75. The molecule has 2 rings (SSSR count). The third kappa shape index (κ3) is 4.18. The van der Waals surface area contributed by atoms with E-state index in [0.717, 1.165) is 6.07 Å². The van der Waals surface area contributed by atoms with E-state index in [0.29, 0.717) is 4.42 Å². The predicted octanol–water partition coefficient (Wildman–Crippen LogP) is 2.17. The van der Waals surface area contributed by atoms with Crippen LogP contribution in [0.4, 0.5) is 23.4 Å². The van der Waals surface area contributed by atoms with Gasteiger partial charge in [-0.2, -0.15) is 4.98 Å². The molecule has 1 aromatic heterocycles. The minimum atomic E-state index is -4.90. The van der Waals surface area contributed by atoms with Crippen molar-refractivity contribution in [3.63, 3.8) is 0 Å². The van der Waals surface area contributed by atoms with Gasteiger partial charge in [-0.05, 0) is 6.07 Å². The van der Waals surface area contributed by atoms with Crippen molar-refractivity contribution in [3.05, 3.63) is 18.2 Å². The van der Waals surface area contributed by atoms with Gasteiger partial charge in [0.05, 0.1) is 6.04 Å². The van der Waals surface area contributed by atoms with E-state index in [1.165, 1.54) is 12.1 Å². The quantitative estimate of drug-likeness (QED) is 0.683. The topological polar surface area (TPSA) is 54.5 Å². The lowest BCUT2D eigenvalue weighted by Gasteiger charge is -2.18. The SMILES string of the molecule is O=C([C@@H]1C[C@@H](F)CN1)N(Cl)c1cccc(OC(F)(F)F)n1. The first kappa shape index (κ1) is 15.8. The number of carbonyl (C=O) groups is 1. The third-order valence-corrected chi connectivity index (χ3v) is 3.04. The molecule has 1 aliphatic rings. The average Bonchev–Trinajstić information content (AvgIpc) is 2.82. The first-order chi connectivity index (χ1) is 9.76. The largest absolute Gasteiger partial charge is 0.574 e. The van der Waals surface area contributed by atoms with Crippen molar-refractivity contribution in [2.75, 3.05) is 11.0 Å². The molecule has 1 N–H and O–H groups in total. The van der Waals surface area contributed by atoms with Crippen LogP contribution in [0.3, 0.4) is 0 Å². The van der Waals surface area contributed by atoms with Gasteiger partial charge in [0.25, 0.3) is 5.91 Å². The molecule has 21 heavy (non-hydrogen) atoms. The first-order valence-electron chi connectivity index (χ1n) is 5.86. The maximum atomic E-state index is 13.0. The van der Waals surface area contributed by atoms with E-state index in [-0.39, 0.29) is 18.8 Å². The molecule has 0 aromatic carbocycles. The predicted molar refractivity (Wildman–Crippen MR) is 65.6 cm³/mol. The molecule has 116 valence electrons. The standard InChI is InChI=1S/C11H10ClF4N3O2/c12-19(10(20)7-4-6(13)5-17-7)8-2-1-3-9(18-8)21-11(14,15)16/h1-3,6-7,17H,4-5H2/t6-,7+/m1/s1. The fourth-order valence-corrected chi connectivity index (χ4v) is 2.03. The number of aromatic nitrogens is 1. The van der Waals surface area contributed by atoms with Crippen molar-refractivity contribution < 1.29 is 27.1 Å². The maximum absolute atomic E-state index is 13.0. The van der Waals surface area contributed by atoms with Gasteiger partial charge in [0.15, 0.2) is 5.82 Å². The fourth-order valence-electron chi connectivity index (χ4n) is 1.82. The number of carbonyl (C=O) groups excluding carboxylic acids is 1. The molecule has 0 bridgehead atoms. The van der Waals surface area contributed by atoms with E-state index in [4.69, 9.17) is 11.8 Å². The van der Waals surface area contributed by atoms with Crippen molar-refractivity contribution in [2.45, 2.75) is 25.0 Å². The molecule has 1 fully saturated rings. The summed E-state index contributed by atoms with van der Waals surface area (Å²) in [4.78, 5) is 15.4. The highest BCUT2D eigenvalue weighted by molar-refractivity contribution is 6.37. The summed E-state index contributed by atoms with van der Waals surface area (Å²) < 4.78 is 53.5. The molecule has 0 unspecified atom stereocenters. The second-order valence-corrected chi connectivity index (χ2v) is 4.63. The van der Waals surface area contributed by atoms with Crippen LogP contribution in [0, 0.1) is 0 Å². The van der Waals surface area contributed by atoms with Crippen LogP contribution in [-0.2, 0) is 4.79 Å². The zero-order valence-corrected chi connectivity index (χ0v) is 11.2. The Kier molecular flexibility index (Phi) is 4.52. The molecule has 1 aromatic rings. The van der Waals surface area contributed by atoms with Crippen molar-refractivity contribution in [1.29, 1.82) is 0 Å². The van der Waals surface area contributed by atoms with E-state index in [1.807, 2.05) is 0 Å². The Morgan fingerprint density at radius 2 is 2.19 bits per heavy atom. The summed E-state index contributed by atoms with van der Waals surface area (Å²) in [6.07, 6.45) is -6.13. The molecule has 5 nitrogen and oxygen atoms in total. The van der Waals surface area contributed by atoms with Crippen molar-refractivity contribution in [1.82, 2.24) is 10.3 Å². The van der Waals surface area contributed by atoms with Crippen LogP contribution in [0.2, 0.25) is 0 Å². The Balaban J connectivity index is 2.10. The van der Waals surface area contributed by atoms with Gasteiger partial charge in [0.2, 0.25) is 5.88 Å². The monoisotopic (exact) mass is 327 g/mol. The average molecular weight is 328 g/mol. The molecule has 0 spiro atoms. The lowest BCUT2D eigenvalue weighted by molar-refractivity contribution is -0.276. The van der Waals surface area contributed by atoms with Gasteiger partial charge < -0.3 is 10.1 Å². The molecule has 1 saturated heterocycles. The number of anilines is 1. The first-order valence-corrected chi connectivity index (χ1v) is 6.20. The Morgan fingerprint density at radius 1 is 1.48 bits per heavy atom. The molecule has 1 aliphatic heterocycles. The summed E-state index contributed by atoms with van der Waals surface area (Å²) in [5.74, 6) is -1.69. The van der Waals surface area contributed by atoms with Crippen LogP contribution in [0.25, 0.3) is 0 Å². The minimum absolute atomic E-state index is 0.0196. The number of hydrogen-bond acceptors (Lipinski definition) is 4. The van der Waals surface area contributed by atoms with Crippen molar-refractivity contribution in [3.8, 4) is 5.88 Å². The molecule has 1 amide bonds. The number of amides is 1. The molecule has 10 heteroatoms. The number of nitrogens with zero attached hydrogens (tertiary/aromatic N) is 2. The molecule has 0 radical (unpaired) electrons. The Hall–Kier alpha value is -1.61. The van der Waals surface area contributed by atoms with Gasteiger partial charge in [-0.1, -0.05) is 6.07 Å². The van der Waals surface area contributed by atoms with Gasteiger partial charge in [0, 0.05) is 30.8 Å². The van der Waals surface area contributed by atoms with Gasteiger partial charge in [-0.3, -0.25) is 4.79 Å². The zero-order chi connectivity index (χ0) is 15.6. The lowest BCUT2D eigenvalue weighted by Crippen LogP contribution is -2.39. The third-order valence-electron chi connectivity index (χ3n) is 2.70. The van der Waals surface area contributed by atoms with Gasteiger partial charge in [-0.15, -0.1) is 13.2 Å². The second-order valence-electron chi connectivity index (χ2n) is 4.29. The number of nitrogens with one attached hydrogen (secondary N) is 1. The number of halogens is 5. The normalized spacial score (nSPS) is 22.1. The van der Waals surface area contributed by atoms with Gasteiger partial charge in [0.1, 0.15) is 6.17 Å². The summed E-state index contributed by atoms with van der Waals surface area (Å²) in [5.41, 5.74) is 0. The van der Waals surface area contributed by atoms with E-state index in [1.54, 1.807) is 0 Å². The molecule has 2 atom stereocenters. The number of rotatable bonds is 3. The summed E-state index contributed by atoms with van der Waals surface area (Å²) in [5, 5.41) is 2.62. The smallest absolute Gasteiger partial charge is 0.388 e. The van der Waals surface area contributed by atoms with Gasteiger partial charge in [-0.25, -0.2) is 8.81 Å². The highest BCUT2D eigenvalue weighted by Crippen LogP contribution is 2.25. The zero-order valence-electron chi connectivity index (χ0n) is 10.4. The van der Waals surface area contributed by atoms with E-state index in [2.05, 4.69) is 15.0 Å². The summed E-state index contributed by atoms with van der Waals surface area (Å²) in [6, 6.07) is 2.56. The fraction of sp³-hybridized carbons (Fsp3) is 0.455. The van der Waals surface area contributed by atoms with E-state index in [9.17, 15) is 22.4 Å². The van der Waals surface area contributed by atoms with E-state index >= 15 is 0 Å². The minimum Gasteiger partial charge on any atom is -0.388 e. The van der Waals surface area contributed by atoms with Crippen LogP contribution in [0.15, 0.2) is 18.2 Å². The summed E-state index contributed by atoms with van der Waals surface area (Å²) in [7, 11) is 0. The number of alkyl halides is 4. The molecule has 0 saturated carbocycles. The van der Waals surface area contributed by atoms with Crippen molar-refractivity contribution >= 4 is 23.5 Å². The maximum Gasteiger partial charge on any atom is 0.574 e. The molecule has 0 aliphatic carbocycles. The number of hydrogen-bond donors (Lipinski definition) is 1. The van der Waals surface area contributed by atoms with Crippen LogP contribution in [0.1, 0.15) is 6.42 Å². The molecular formula is C11H10ClF4N3O2. The highest BCUT2D eigenvalue weighted by atomic mass is 35.5. The Labute approximate surface area is 121 Å². The lowest BCUT2D eigenvalue weighted by atomic mass is 10.2. The van der Waals surface area contributed by atoms with Crippen LogP contribution in [-0.4, -0.2) is 36.0 Å². The molecular weight excluding hydrogens is 318 g/mol. The Bertz CT molecular complexity index is 528. The molecule has 2 heterocycles. The van der Waals surface area contributed by atoms with Crippen LogP contribution >= 0.6 is 11.8 Å². The number of pyridine rings is 1. The van der Waals surface area contributed by atoms with Gasteiger partial charge >= 0.3 is 6.36 Å². The second kappa shape index (κ2) is 6.02. The highest BCUT2D eigenvalue weighted by Gasteiger charge is 2.34. The van der Waals surface area contributed by atoms with Crippen LogP contribution < -0.4 is 14.5 Å². The Morgan fingerprint density at radius 3 is 2.76 bits per heavy atom. The van der Waals surface area contributed by atoms with Crippen LogP contribution in [0.5, 0.6) is 5.88 Å².